The minimum absolute atomic E-state index is 0.0797. The van der Waals surface area contributed by atoms with Crippen molar-refractivity contribution < 1.29 is 14.3 Å². The van der Waals surface area contributed by atoms with Crippen LogP contribution >= 0.6 is 0 Å². The normalized spacial score (nSPS) is 23.3. The zero-order valence-electron chi connectivity index (χ0n) is 12.5. The molecule has 0 bridgehead atoms. The number of ether oxygens (including phenoxy) is 1. The Morgan fingerprint density at radius 1 is 1.23 bits per heavy atom. The third-order valence-corrected chi connectivity index (χ3v) is 4.94. The molecule has 1 saturated carbocycles. The number of fused-ring (bicyclic) bond motifs is 1. The molecular formula is C17H20N2O3. The number of piperidine rings is 1. The maximum absolute atomic E-state index is 12.2. The van der Waals surface area contributed by atoms with E-state index in [0.717, 1.165) is 25.7 Å². The van der Waals surface area contributed by atoms with E-state index in [1.165, 1.54) is 0 Å². The van der Waals surface area contributed by atoms with E-state index >= 15 is 0 Å². The van der Waals surface area contributed by atoms with Gasteiger partial charge in [0, 0.05) is 31.8 Å². The predicted molar refractivity (Wildman–Crippen MR) is 80.7 cm³/mol. The summed E-state index contributed by atoms with van der Waals surface area (Å²) >= 11 is 0. The first-order chi connectivity index (χ1) is 10.7. The lowest BCUT2D eigenvalue weighted by atomic mass is 9.90. The molecule has 1 N–H and O–H groups in total. The molecule has 1 aromatic rings. The number of hydrogen-bond acceptors (Lipinski definition) is 3. The average Bonchev–Trinajstić information content (AvgIpc) is 3.38. The molecule has 0 radical (unpaired) electrons. The Kier molecular flexibility index (Phi) is 3.10. The van der Waals surface area contributed by atoms with Crippen molar-refractivity contribution in [1.29, 1.82) is 0 Å². The van der Waals surface area contributed by atoms with Crippen LogP contribution in [0.1, 0.15) is 36.0 Å². The molecule has 3 aliphatic rings. The number of hydrogen-bond donors (Lipinski definition) is 1. The molecule has 2 heterocycles. The monoisotopic (exact) mass is 300 g/mol. The van der Waals surface area contributed by atoms with Crippen molar-refractivity contribution >= 4 is 11.8 Å². The van der Waals surface area contributed by atoms with Gasteiger partial charge in [0.2, 0.25) is 5.91 Å². The molecular weight excluding hydrogens is 280 g/mol. The first-order valence-corrected chi connectivity index (χ1v) is 8.02. The van der Waals surface area contributed by atoms with Crippen LogP contribution in [0.25, 0.3) is 0 Å². The van der Waals surface area contributed by atoms with Gasteiger partial charge >= 0.3 is 0 Å². The molecule has 2 amide bonds. The van der Waals surface area contributed by atoms with Gasteiger partial charge in [-0.25, -0.2) is 0 Å². The van der Waals surface area contributed by atoms with Crippen molar-refractivity contribution in [2.75, 3.05) is 19.6 Å². The molecule has 0 aromatic heterocycles. The van der Waals surface area contributed by atoms with Gasteiger partial charge in [0.1, 0.15) is 11.4 Å². The smallest absolute Gasteiger partial charge is 0.255 e. The fourth-order valence-electron chi connectivity index (χ4n) is 3.35. The molecule has 1 aliphatic carbocycles. The van der Waals surface area contributed by atoms with Gasteiger partial charge in [-0.05, 0) is 25.0 Å². The molecule has 5 nitrogen and oxygen atoms in total. The van der Waals surface area contributed by atoms with Crippen LogP contribution in [0.15, 0.2) is 24.3 Å². The molecule has 2 aliphatic heterocycles. The molecule has 1 saturated heterocycles. The first-order valence-electron chi connectivity index (χ1n) is 8.02. The molecule has 2 fully saturated rings. The molecule has 1 aromatic carbocycles. The van der Waals surface area contributed by atoms with Crippen LogP contribution in [0, 0.1) is 5.92 Å². The fraction of sp³-hybridized carbons (Fsp3) is 0.529. The summed E-state index contributed by atoms with van der Waals surface area (Å²) in [5.74, 6) is 1.14. The van der Waals surface area contributed by atoms with Gasteiger partial charge in [-0.3, -0.25) is 9.59 Å². The van der Waals surface area contributed by atoms with Crippen LogP contribution in [0.2, 0.25) is 0 Å². The van der Waals surface area contributed by atoms with Gasteiger partial charge in [-0.1, -0.05) is 12.1 Å². The third-order valence-electron chi connectivity index (χ3n) is 4.94. The number of carbonyl (C=O) groups excluding carboxylic acids is 2. The first kappa shape index (κ1) is 13.6. The second kappa shape index (κ2) is 5.00. The lowest BCUT2D eigenvalue weighted by Crippen LogP contribution is -2.54. The number of likely N-dealkylation sites (tertiary alicyclic amines) is 1. The zero-order valence-corrected chi connectivity index (χ0v) is 12.5. The van der Waals surface area contributed by atoms with Gasteiger partial charge in [0.15, 0.2) is 0 Å². The molecule has 5 heteroatoms. The van der Waals surface area contributed by atoms with E-state index in [1.54, 1.807) is 6.07 Å². The van der Waals surface area contributed by atoms with Gasteiger partial charge in [-0.2, -0.15) is 0 Å². The zero-order chi connectivity index (χ0) is 15.2. The number of para-hydroxylation sites is 1. The summed E-state index contributed by atoms with van der Waals surface area (Å²) < 4.78 is 6.24. The van der Waals surface area contributed by atoms with E-state index in [0.29, 0.717) is 36.9 Å². The second-order valence-corrected chi connectivity index (χ2v) is 6.56. The topological polar surface area (TPSA) is 58.6 Å². The number of amides is 2. The minimum Gasteiger partial charge on any atom is -0.484 e. The highest BCUT2D eigenvalue weighted by atomic mass is 16.5. The van der Waals surface area contributed by atoms with Gasteiger partial charge in [0.05, 0.1) is 12.1 Å². The SMILES string of the molecule is O=C1NCC2(CCN(C(=O)C3CC3)CC2)Oc2ccccc21. The van der Waals surface area contributed by atoms with Crippen molar-refractivity contribution in [3.8, 4) is 5.75 Å². The van der Waals surface area contributed by atoms with E-state index in [1.807, 2.05) is 23.1 Å². The standard InChI is InChI=1S/C17H20N2O3/c20-15-13-3-1-2-4-14(13)22-17(11-18-15)7-9-19(10-8-17)16(21)12-5-6-12/h1-4,12H,5-11H2,(H,18,20). The highest BCUT2D eigenvalue weighted by Crippen LogP contribution is 2.36. The highest BCUT2D eigenvalue weighted by Gasteiger charge is 2.43. The van der Waals surface area contributed by atoms with E-state index in [-0.39, 0.29) is 17.4 Å². The van der Waals surface area contributed by atoms with Crippen molar-refractivity contribution in [3.63, 3.8) is 0 Å². The predicted octanol–water partition coefficient (Wildman–Crippen LogP) is 1.58. The average molecular weight is 300 g/mol. The van der Waals surface area contributed by atoms with Crippen LogP contribution in [-0.4, -0.2) is 41.9 Å². The summed E-state index contributed by atoms with van der Waals surface area (Å²) in [6.45, 7) is 1.94. The fourth-order valence-corrected chi connectivity index (χ4v) is 3.35. The van der Waals surface area contributed by atoms with Gasteiger partial charge in [0.25, 0.3) is 5.91 Å². The Balaban J connectivity index is 1.51. The quantitative estimate of drug-likeness (QED) is 0.856. The van der Waals surface area contributed by atoms with E-state index in [2.05, 4.69) is 5.32 Å². The number of benzene rings is 1. The van der Waals surface area contributed by atoms with Gasteiger partial charge in [-0.15, -0.1) is 0 Å². The Hall–Kier alpha value is -2.04. The van der Waals surface area contributed by atoms with Gasteiger partial charge < -0.3 is 15.0 Å². The highest BCUT2D eigenvalue weighted by molar-refractivity contribution is 5.97. The van der Waals surface area contributed by atoms with Crippen molar-refractivity contribution in [2.45, 2.75) is 31.3 Å². The molecule has 4 rings (SSSR count). The maximum Gasteiger partial charge on any atom is 0.255 e. The van der Waals surface area contributed by atoms with Crippen LogP contribution < -0.4 is 10.1 Å². The van der Waals surface area contributed by atoms with Crippen molar-refractivity contribution in [1.82, 2.24) is 10.2 Å². The van der Waals surface area contributed by atoms with E-state index in [4.69, 9.17) is 4.74 Å². The number of carbonyl (C=O) groups is 2. The van der Waals surface area contributed by atoms with Crippen molar-refractivity contribution in [2.24, 2.45) is 5.92 Å². The summed E-state index contributed by atoms with van der Waals surface area (Å²) in [7, 11) is 0. The van der Waals surface area contributed by atoms with Crippen LogP contribution in [0.4, 0.5) is 0 Å². The Bertz CT molecular complexity index is 616. The minimum atomic E-state index is -0.386. The number of nitrogens with zero attached hydrogens (tertiary/aromatic N) is 1. The molecule has 116 valence electrons. The third kappa shape index (κ3) is 2.34. The lowest BCUT2D eigenvalue weighted by Gasteiger charge is -2.41. The molecule has 0 unspecified atom stereocenters. The summed E-state index contributed by atoms with van der Waals surface area (Å²) in [4.78, 5) is 26.3. The Morgan fingerprint density at radius 2 is 1.95 bits per heavy atom. The van der Waals surface area contributed by atoms with Crippen LogP contribution in [0.5, 0.6) is 5.75 Å². The second-order valence-electron chi connectivity index (χ2n) is 6.56. The van der Waals surface area contributed by atoms with E-state index < -0.39 is 0 Å². The molecule has 22 heavy (non-hydrogen) atoms. The Morgan fingerprint density at radius 3 is 2.68 bits per heavy atom. The summed E-state index contributed by atoms with van der Waals surface area (Å²) in [6, 6.07) is 7.37. The summed E-state index contributed by atoms with van der Waals surface area (Å²) in [6.07, 6.45) is 3.61. The number of rotatable bonds is 1. The van der Waals surface area contributed by atoms with Crippen molar-refractivity contribution in [3.05, 3.63) is 29.8 Å². The maximum atomic E-state index is 12.2. The van der Waals surface area contributed by atoms with E-state index in [9.17, 15) is 9.59 Å². The summed E-state index contributed by atoms with van der Waals surface area (Å²) in [5, 5.41) is 2.97. The largest absolute Gasteiger partial charge is 0.484 e. The van der Waals surface area contributed by atoms with Crippen LogP contribution in [-0.2, 0) is 4.79 Å². The Labute approximate surface area is 129 Å². The molecule has 1 spiro atoms. The molecule has 0 atom stereocenters. The lowest BCUT2D eigenvalue weighted by molar-refractivity contribution is -0.135. The van der Waals surface area contributed by atoms with Crippen LogP contribution in [0.3, 0.4) is 0 Å². The summed E-state index contributed by atoms with van der Waals surface area (Å²) in [5.41, 5.74) is 0.207. The number of nitrogens with one attached hydrogen (secondary N) is 1.